The zero-order chi connectivity index (χ0) is 10.6. The van der Waals surface area contributed by atoms with E-state index in [0.717, 1.165) is 38.2 Å². The van der Waals surface area contributed by atoms with Crippen LogP contribution >= 0.6 is 11.8 Å². The predicted octanol–water partition coefficient (Wildman–Crippen LogP) is 1.54. The van der Waals surface area contributed by atoms with E-state index in [1.165, 1.54) is 0 Å². The Kier molecular flexibility index (Phi) is 4.26. The van der Waals surface area contributed by atoms with E-state index in [-0.39, 0.29) is 0 Å². The molecule has 0 spiro atoms. The number of hydrogen-bond donors (Lipinski definition) is 1. The summed E-state index contributed by atoms with van der Waals surface area (Å²) in [6, 6.07) is 0. The first-order valence-corrected chi connectivity index (χ1v) is 6.42. The molecule has 1 saturated heterocycles. The topological polar surface area (TPSA) is 40.5 Å². The van der Waals surface area contributed by atoms with Crippen LogP contribution in [0.3, 0.4) is 0 Å². The molecule has 82 valence electrons. The van der Waals surface area contributed by atoms with Crippen molar-refractivity contribution in [2.45, 2.75) is 19.8 Å². The van der Waals surface area contributed by atoms with Gasteiger partial charge in [0.1, 0.15) is 0 Å². The minimum absolute atomic E-state index is 0.476. The first kappa shape index (κ1) is 11.9. The molecular formula is C10H19NO2S. The smallest absolute Gasteiger partial charge is 0.309 e. The fourth-order valence-electron chi connectivity index (χ4n) is 1.70. The van der Waals surface area contributed by atoms with Crippen molar-refractivity contribution in [2.75, 3.05) is 31.6 Å². The van der Waals surface area contributed by atoms with Gasteiger partial charge in [0.2, 0.25) is 0 Å². The molecule has 3 nitrogen and oxygen atoms in total. The van der Waals surface area contributed by atoms with Crippen LogP contribution in [0, 0.1) is 5.41 Å². The molecule has 0 bridgehead atoms. The van der Waals surface area contributed by atoms with Gasteiger partial charge >= 0.3 is 5.97 Å². The second kappa shape index (κ2) is 5.03. The summed E-state index contributed by atoms with van der Waals surface area (Å²) in [6.07, 6.45) is 3.68. The Bertz CT molecular complexity index is 200. The van der Waals surface area contributed by atoms with E-state index < -0.39 is 11.4 Å². The molecular weight excluding hydrogens is 198 g/mol. The molecule has 1 aliphatic heterocycles. The van der Waals surface area contributed by atoms with Crippen molar-refractivity contribution in [3.05, 3.63) is 0 Å². The number of piperidine rings is 1. The Labute approximate surface area is 89.9 Å². The molecule has 0 aromatic heterocycles. The van der Waals surface area contributed by atoms with Crippen LogP contribution in [-0.2, 0) is 4.79 Å². The lowest BCUT2D eigenvalue weighted by atomic mass is 9.80. The highest BCUT2D eigenvalue weighted by Crippen LogP contribution is 2.30. The van der Waals surface area contributed by atoms with Gasteiger partial charge in [-0.3, -0.25) is 4.79 Å². The first-order chi connectivity index (χ1) is 6.58. The van der Waals surface area contributed by atoms with E-state index >= 15 is 0 Å². The predicted molar refractivity (Wildman–Crippen MR) is 59.8 cm³/mol. The van der Waals surface area contributed by atoms with E-state index in [1.807, 2.05) is 18.7 Å². The molecule has 0 amide bonds. The lowest BCUT2D eigenvalue weighted by Gasteiger charge is -2.36. The van der Waals surface area contributed by atoms with Crippen LogP contribution < -0.4 is 0 Å². The fourth-order valence-corrected chi connectivity index (χ4v) is 2.15. The van der Waals surface area contributed by atoms with Crippen molar-refractivity contribution in [2.24, 2.45) is 5.41 Å². The first-order valence-electron chi connectivity index (χ1n) is 5.03. The van der Waals surface area contributed by atoms with E-state index in [9.17, 15) is 4.79 Å². The Hall–Kier alpha value is -0.220. The third-order valence-corrected chi connectivity index (χ3v) is 3.68. The van der Waals surface area contributed by atoms with Crippen molar-refractivity contribution in [3.63, 3.8) is 0 Å². The Morgan fingerprint density at radius 2 is 2.07 bits per heavy atom. The summed E-state index contributed by atoms with van der Waals surface area (Å²) >= 11 is 1.84. The van der Waals surface area contributed by atoms with E-state index in [1.54, 1.807) is 0 Å². The van der Waals surface area contributed by atoms with Gasteiger partial charge in [-0.05, 0) is 39.1 Å². The summed E-state index contributed by atoms with van der Waals surface area (Å²) in [7, 11) is 0. The highest BCUT2D eigenvalue weighted by Gasteiger charge is 2.36. The van der Waals surface area contributed by atoms with E-state index in [4.69, 9.17) is 5.11 Å². The van der Waals surface area contributed by atoms with Crippen molar-refractivity contribution >= 4 is 17.7 Å². The largest absolute Gasteiger partial charge is 0.481 e. The quantitative estimate of drug-likeness (QED) is 0.775. The molecule has 1 heterocycles. The molecule has 0 atom stereocenters. The van der Waals surface area contributed by atoms with Gasteiger partial charge in [0, 0.05) is 12.3 Å². The minimum Gasteiger partial charge on any atom is -0.481 e. The number of carboxylic acids is 1. The Morgan fingerprint density at radius 1 is 1.50 bits per heavy atom. The maximum absolute atomic E-state index is 11.0. The number of hydrogen-bond acceptors (Lipinski definition) is 3. The molecule has 14 heavy (non-hydrogen) atoms. The molecule has 0 aliphatic carbocycles. The van der Waals surface area contributed by atoms with Crippen LogP contribution in [0.5, 0.6) is 0 Å². The summed E-state index contributed by atoms with van der Waals surface area (Å²) in [5.74, 6) is 0.506. The summed E-state index contributed by atoms with van der Waals surface area (Å²) < 4.78 is 0. The van der Waals surface area contributed by atoms with Gasteiger partial charge in [0.15, 0.2) is 0 Å². The van der Waals surface area contributed by atoms with Crippen molar-refractivity contribution in [1.29, 1.82) is 0 Å². The standard InChI is InChI=1S/C10H19NO2S/c1-10(9(12)13)3-5-11(6-4-10)7-8-14-2/h3-8H2,1-2H3,(H,12,13). The normalized spacial score (nSPS) is 22.1. The average molecular weight is 217 g/mol. The zero-order valence-electron chi connectivity index (χ0n) is 8.95. The number of aliphatic carboxylic acids is 1. The molecule has 1 rings (SSSR count). The fraction of sp³-hybridized carbons (Fsp3) is 0.900. The number of carboxylic acid groups (broad SMARTS) is 1. The van der Waals surface area contributed by atoms with Gasteiger partial charge < -0.3 is 10.0 Å². The van der Waals surface area contributed by atoms with Gasteiger partial charge in [-0.25, -0.2) is 0 Å². The van der Waals surface area contributed by atoms with Crippen LogP contribution in [0.15, 0.2) is 0 Å². The van der Waals surface area contributed by atoms with Crippen LogP contribution in [-0.4, -0.2) is 47.6 Å². The van der Waals surface area contributed by atoms with Crippen molar-refractivity contribution < 1.29 is 9.90 Å². The molecule has 1 N–H and O–H groups in total. The van der Waals surface area contributed by atoms with Gasteiger partial charge in [0.05, 0.1) is 5.41 Å². The van der Waals surface area contributed by atoms with Gasteiger partial charge in [0.25, 0.3) is 0 Å². The number of thioether (sulfide) groups is 1. The average Bonchev–Trinajstić information content (AvgIpc) is 2.17. The van der Waals surface area contributed by atoms with Crippen LogP contribution in [0.2, 0.25) is 0 Å². The molecule has 0 unspecified atom stereocenters. The van der Waals surface area contributed by atoms with Crippen molar-refractivity contribution in [1.82, 2.24) is 4.90 Å². The molecule has 1 aliphatic rings. The molecule has 0 saturated carbocycles. The number of rotatable bonds is 4. The Balaban J connectivity index is 2.34. The maximum Gasteiger partial charge on any atom is 0.309 e. The lowest BCUT2D eigenvalue weighted by Crippen LogP contribution is -2.43. The maximum atomic E-state index is 11.0. The second-order valence-electron chi connectivity index (χ2n) is 4.20. The second-order valence-corrected chi connectivity index (χ2v) is 5.19. The summed E-state index contributed by atoms with van der Waals surface area (Å²) in [4.78, 5) is 13.3. The van der Waals surface area contributed by atoms with Gasteiger partial charge in [-0.15, -0.1) is 0 Å². The third kappa shape index (κ3) is 2.89. The third-order valence-electron chi connectivity index (χ3n) is 3.09. The summed E-state index contributed by atoms with van der Waals surface area (Å²) in [6.45, 7) is 4.82. The Morgan fingerprint density at radius 3 is 2.50 bits per heavy atom. The molecule has 0 radical (unpaired) electrons. The molecule has 1 fully saturated rings. The lowest BCUT2D eigenvalue weighted by molar-refractivity contribution is -0.150. The zero-order valence-corrected chi connectivity index (χ0v) is 9.77. The molecule has 4 heteroatoms. The summed E-state index contributed by atoms with van der Waals surface area (Å²) in [5.41, 5.74) is -0.476. The highest BCUT2D eigenvalue weighted by molar-refractivity contribution is 7.98. The van der Waals surface area contributed by atoms with Crippen LogP contribution in [0.4, 0.5) is 0 Å². The SMILES string of the molecule is CSCCN1CCC(C)(C(=O)O)CC1. The summed E-state index contributed by atoms with van der Waals surface area (Å²) in [5, 5.41) is 9.04. The number of carbonyl (C=O) groups is 1. The van der Waals surface area contributed by atoms with Gasteiger partial charge in [-0.2, -0.15) is 11.8 Å². The minimum atomic E-state index is -0.637. The number of nitrogens with zero attached hydrogens (tertiary/aromatic N) is 1. The monoisotopic (exact) mass is 217 g/mol. The van der Waals surface area contributed by atoms with Crippen LogP contribution in [0.1, 0.15) is 19.8 Å². The van der Waals surface area contributed by atoms with E-state index in [2.05, 4.69) is 11.2 Å². The highest BCUT2D eigenvalue weighted by atomic mass is 32.2. The van der Waals surface area contributed by atoms with Crippen molar-refractivity contribution in [3.8, 4) is 0 Å². The van der Waals surface area contributed by atoms with Gasteiger partial charge in [-0.1, -0.05) is 0 Å². The van der Waals surface area contributed by atoms with E-state index in [0.29, 0.717) is 0 Å². The van der Waals surface area contributed by atoms with Crippen LogP contribution in [0.25, 0.3) is 0 Å². The molecule has 0 aromatic carbocycles. The molecule has 0 aromatic rings. The number of likely N-dealkylation sites (tertiary alicyclic amines) is 1.